The van der Waals surface area contributed by atoms with Crippen LogP contribution >= 0.6 is 0 Å². The average Bonchev–Trinajstić information content (AvgIpc) is 2.75. The molecule has 4 nitrogen and oxygen atoms in total. The number of aliphatic carboxylic acids is 1. The van der Waals surface area contributed by atoms with Crippen molar-refractivity contribution < 1.29 is 9.90 Å². The minimum Gasteiger partial charge on any atom is -0.481 e. The summed E-state index contributed by atoms with van der Waals surface area (Å²) in [5.74, 6) is 0.108. The van der Waals surface area contributed by atoms with Crippen LogP contribution in [0.3, 0.4) is 0 Å². The summed E-state index contributed by atoms with van der Waals surface area (Å²) in [7, 11) is 0. The molecule has 1 aliphatic rings. The van der Waals surface area contributed by atoms with E-state index in [-0.39, 0.29) is 5.41 Å². The van der Waals surface area contributed by atoms with Crippen LogP contribution in [0.4, 0.5) is 0 Å². The summed E-state index contributed by atoms with van der Waals surface area (Å²) in [5, 5.41) is 9.12. The maximum atomic E-state index is 11.1. The molecule has 1 aromatic rings. The Balaban J connectivity index is 2.33. The van der Waals surface area contributed by atoms with Gasteiger partial charge in [0.2, 0.25) is 0 Å². The second kappa shape index (κ2) is 2.84. The fourth-order valence-electron chi connectivity index (χ4n) is 1.67. The Morgan fingerprint density at radius 1 is 1.53 bits per heavy atom. The molecule has 0 aliphatic heterocycles. The van der Waals surface area contributed by atoms with Crippen LogP contribution in [0.25, 0.3) is 0 Å². The zero-order valence-electron chi connectivity index (χ0n) is 9.29. The lowest BCUT2D eigenvalue weighted by molar-refractivity contribution is -0.140. The number of nitrogens with zero attached hydrogens (tertiary/aromatic N) is 1. The Hall–Kier alpha value is -1.32. The first-order valence-electron chi connectivity index (χ1n) is 5.16. The minimum absolute atomic E-state index is 0.0627. The summed E-state index contributed by atoms with van der Waals surface area (Å²) in [5.41, 5.74) is 0.0171. The van der Waals surface area contributed by atoms with Gasteiger partial charge in [-0.25, -0.2) is 4.98 Å². The molecule has 1 heterocycles. The highest BCUT2D eigenvalue weighted by Gasteiger charge is 2.53. The average molecular weight is 208 g/mol. The molecule has 0 radical (unpaired) electrons. The zero-order chi connectivity index (χ0) is 11.3. The van der Waals surface area contributed by atoms with Gasteiger partial charge >= 0.3 is 5.97 Å². The van der Waals surface area contributed by atoms with Crippen molar-refractivity contribution in [2.45, 2.75) is 44.4 Å². The molecule has 2 N–H and O–H groups in total. The van der Waals surface area contributed by atoms with Gasteiger partial charge in [-0.2, -0.15) is 0 Å². The molecule has 0 unspecified atom stereocenters. The van der Waals surface area contributed by atoms with Gasteiger partial charge in [0.05, 0.1) is 5.69 Å². The molecule has 2 rings (SSSR count). The third kappa shape index (κ3) is 1.54. The Kier molecular flexibility index (Phi) is 1.93. The SMILES string of the molecule is CC(C)(C)c1ncc(C2(C(=O)O)CC2)[nH]1. The number of aromatic nitrogens is 2. The molecule has 0 spiro atoms. The number of nitrogens with one attached hydrogen (secondary N) is 1. The van der Waals surface area contributed by atoms with E-state index in [1.165, 1.54) is 0 Å². The standard InChI is InChI=1S/C11H16N2O2/c1-10(2,3)8-12-6-7(13-8)11(4-5-11)9(14)15/h6H,4-5H2,1-3H3,(H,12,13)(H,14,15). The van der Waals surface area contributed by atoms with E-state index in [0.717, 1.165) is 11.5 Å². The van der Waals surface area contributed by atoms with E-state index in [2.05, 4.69) is 30.7 Å². The molecule has 1 fully saturated rings. The number of hydrogen-bond donors (Lipinski definition) is 2. The molecule has 1 aliphatic carbocycles. The third-order valence-corrected chi connectivity index (χ3v) is 2.96. The highest BCUT2D eigenvalue weighted by molar-refractivity contribution is 5.84. The van der Waals surface area contributed by atoms with Gasteiger partial charge in [0.15, 0.2) is 0 Å². The lowest BCUT2D eigenvalue weighted by atomic mass is 9.96. The van der Waals surface area contributed by atoms with Gasteiger partial charge in [-0.05, 0) is 12.8 Å². The number of imidazole rings is 1. The van der Waals surface area contributed by atoms with Gasteiger partial charge in [0.1, 0.15) is 11.2 Å². The smallest absolute Gasteiger partial charge is 0.315 e. The summed E-state index contributed by atoms with van der Waals surface area (Å²) in [4.78, 5) is 18.5. The lowest BCUT2D eigenvalue weighted by Crippen LogP contribution is -2.20. The number of carboxylic acid groups (broad SMARTS) is 1. The molecule has 0 saturated heterocycles. The van der Waals surface area contributed by atoms with Crippen molar-refractivity contribution in [2.24, 2.45) is 0 Å². The summed E-state index contributed by atoms with van der Waals surface area (Å²) in [6.45, 7) is 6.15. The van der Waals surface area contributed by atoms with E-state index in [1.54, 1.807) is 6.20 Å². The highest BCUT2D eigenvalue weighted by Crippen LogP contribution is 2.47. The monoisotopic (exact) mass is 208 g/mol. The third-order valence-electron chi connectivity index (χ3n) is 2.96. The number of carbonyl (C=O) groups is 1. The summed E-state index contributed by atoms with van der Waals surface area (Å²) in [6, 6.07) is 0. The van der Waals surface area contributed by atoms with Crippen LogP contribution < -0.4 is 0 Å². The zero-order valence-corrected chi connectivity index (χ0v) is 9.29. The molecule has 0 atom stereocenters. The molecular formula is C11H16N2O2. The Morgan fingerprint density at radius 3 is 2.47 bits per heavy atom. The molecule has 15 heavy (non-hydrogen) atoms. The van der Waals surface area contributed by atoms with Gasteiger partial charge in [-0.3, -0.25) is 4.79 Å². The van der Waals surface area contributed by atoms with Crippen molar-refractivity contribution in [3.63, 3.8) is 0 Å². The number of H-pyrrole nitrogens is 1. The second-order valence-electron chi connectivity index (χ2n) is 5.28. The number of hydrogen-bond acceptors (Lipinski definition) is 2. The molecule has 0 bridgehead atoms. The summed E-state index contributed by atoms with van der Waals surface area (Å²) in [6.07, 6.45) is 3.10. The maximum Gasteiger partial charge on any atom is 0.315 e. The topological polar surface area (TPSA) is 66.0 Å². The Morgan fingerprint density at radius 2 is 2.13 bits per heavy atom. The molecule has 1 aromatic heterocycles. The minimum atomic E-state index is -0.744. The van der Waals surface area contributed by atoms with E-state index in [1.807, 2.05) is 0 Å². The van der Waals surface area contributed by atoms with E-state index in [9.17, 15) is 4.79 Å². The first kappa shape index (κ1) is 10.2. The highest BCUT2D eigenvalue weighted by atomic mass is 16.4. The van der Waals surface area contributed by atoms with Gasteiger partial charge in [-0.1, -0.05) is 20.8 Å². The van der Waals surface area contributed by atoms with Gasteiger partial charge in [0, 0.05) is 11.6 Å². The lowest BCUT2D eigenvalue weighted by Gasteiger charge is -2.14. The van der Waals surface area contributed by atoms with E-state index in [4.69, 9.17) is 5.11 Å². The number of rotatable bonds is 2. The van der Waals surface area contributed by atoms with Crippen LogP contribution in [0.5, 0.6) is 0 Å². The summed E-state index contributed by atoms with van der Waals surface area (Å²) < 4.78 is 0. The first-order chi connectivity index (χ1) is 6.86. The molecule has 1 saturated carbocycles. The molecule has 0 amide bonds. The second-order valence-corrected chi connectivity index (χ2v) is 5.28. The van der Waals surface area contributed by atoms with Gasteiger partial charge < -0.3 is 10.1 Å². The van der Waals surface area contributed by atoms with Gasteiger partial charge in [-0.15, -0.1) is 0 Å². The van der Waals surface area contributed by atoms with Gasteiger partial charge in [0.25, 0.3) is 0 Å². The summed E-state index contributed by atoms with van der Waals surface area (Å²) >= 11 is 0. The van der Waals surface area contributed by atoms with Crippen molar-refractivity contribution in [2.75, 3.05) is 0 Å². The van der Waals surface area contributed by atoms with Crippen molar-refractivity contribution in [1.29, 1.82) is 0 Å². The predicted octanol–water partition coefficient (Wildman–Crippen LogP) is 1.82. The van der Waals surface area contributed by atoms with Crippen LogP contribution in [0.1, 0.15) is 45.1 Å². The van der Waals surface area contributed by atoms with Crippen LogP contribution in [-0.4, -0.2) is 21.0 Å². The first-order valence-corrected chi connectivity index (χ1v) is 5.16. The van der Waals surface area contributed by atoms with E-state index in [0.29, 0.717) is 12.8 Å². The molecule has 4 heteroatoms. The molecule has 82 valence electrons. The van der Waals surface area contributed by atoms with Crippen molar-refractivity contribution >= 4 is 5.97 Å². The quantitative estimate of drug-likeness (QED) is 0.779. The van der Waals surface area contributed by atoms with Crippen LogP contribution in [0, 0.1) is 0 Å². The number of aromatic amines is 1. The van der Waals surface area contributed by atoms with Crippen molar-refractivity contribution in [3.8, 4) is 0 Å². The van der Waals surface area contributed by atoms with E-state index >= 15 is 0 Å². The Labute approximate surface area is 88.7 Å². The molecule has 0 aromatic carbocycles. The maximum absolute atomic E-state index is 11.1. The van der Waals surface area contributed by atoms with Crippen molar-refractivity contribution in [3.05, 3.63) is 17.7 Å². The van der Waals surface area contributed by atoms with Crippen LogP contribution in [-0.2, 0) is 15.6 Å². The van der Waals surface area contributed by atoms with Crippen LogP contribution in [0.2, 0.25) is 0 Å². The fourth-order valence-corrected chi connectivity index (χ4v) is 1.67. The van der Waals surface area contributed by atoms with Crippen molar-refractivity contribution in [1.82, 2.24) is 9.97 Å². The van der Waals surface area contributed by atoms with Crippen LogP contribution in [0.15, 0.2) is 6.20 Å². The molecular weight excluding hydrogens is 192 g/mol. The largest absolute Gasteiger partial charge is 0.481 e. The van der Waals surface area contributed by atoms with E-state index < -0.39 is 11.4 Å². The normalized spacial score (nSPS) is 18.9. The Bertz CT molecular complexity index is 397. The predicted molar refractivity (Wildman–Crippen MR) is 55.8 cm³/mol. The fraction of sp³-hybridized carbons (Fsp3) is 0.636. The number of carboxylic acids is 1.